The maximum Gasteiger partial charge on any atom is 0.416 e. The Hall–Kier alpha value is -3.49. The van der Waals surface area contributed by atoms with Gasteiger partial charge in [0, 0.05) is 17.3 Å². The van der Waals surface area contributed by atoms with Gasteiger partial charge in [0.25, 0.3) is 0 Å². The lowest BCUT2D eigenvalue weighted by Gasteiger charge is -2.07. The van der Waals surface area contributed by atoms with E-state index in [-0.39, 0.29) is 0 Å². The van der Waals surface area contributed by atoms with Crippen molar-refractivity contribution in [2.24, 2.45) is 0 Å². The average molecular weight is 399 g/mol. The minimum Gasteiger partial charge on any atom is -0.322 e. The first-order valence-electron chi connectivity index (χ1n) is 8.95. The maximum atomic E-state index is 12.6. The zero-order valence-electron chi connectivity index (χ0n) is 15.1. The number of carbonyl (C=O) groups is 1. The smallest absolute Gasteiger partial charge is 0.322 e. The Bertz CT molecular complexity index is 1050. The number of benzene rings is 2. The second-order valence-corrected chi connectivity index (χ2v) is 6.70. The van der Waals surface area contributed by atoms with Crippen LogP contribution in [0.3, 0.4) is 0 Å². The predicted octanol–water partition coefficient (Wildman–Crippen LogP) is 4.35. The fourth-order valence-electron chi connectivity index (χ4n) is 2.82. The molecule has 1 heterocycles. The van der Waals surface area contributed by atoms with Gasteiger partial charge in [0.2, 0.25) is 5.91 Å². The summed E-state index contributed by atoms with van der Waals surface area (Å²) in [6.07, 6.45) is 0.423. The van der Waals surface area contributed by atoms with Crippen molar-refractivity contribution in [3.63, 3.8) is 0 Å². The molecule has 0 spiro atoms. The molecule has 0 atom stereocenters. The van der Waals surface area contributed by atoms with Crippen molar-refractivity contribution in [3.05, 3.63) is 65.7 Å². The highest BCUT2D eigenvalue weighted by atomic mass is 19.4. The first-order chi connectivity index (χ1) is 13.9. The summed E-state index contributed by atoms with van der Waals surface area (Å²) in [5, 5.41) is 14.5. The summed E-state index contributed by atoms with van der Waals surface area (Å²) >= 11 is 0. The van der Waals surface area contributed by atoms with Gasteiger partial charge >= 0.3 is 6.18 Å². The van der Waals surface area contributed by atoms with Crippen molar-refractivity contribution in [2.75, 3.05) is 5.32 Å². The van der Waals surface area contributed by atoms with Gasteiger partial charge in [-0.15, -0.1) is 5.10 Å². The molecule has 2 aromatic carbocycles. The van der Waals surface area contributed by atoms with E-state index >= 15 is 0 Å². The number of hydrogen-bond acceptors (Lipinski definition) is 4. The number of carbonyl (C=O) groups excluding carboxylic acids is 1. The monoisotopic (exact) mass is 399 g/mol. The Morgan fingerprint density at radius 3 is 2.59 bits per heavy atom. The summed E-state index contributed by atoms with van der Waals surface area (Å²) < 4.78 is 39.5. The molecule has 0 unspecified atom stereocenters. The van der Waals surface area contributed by atoms with Crippen LogP contribution in [0.5, 0.6) is 0 Å². The first kappa shape index (κ1) is 18.9. The van der Waals surface area contributed by atoms with Gasteiger partial charge in [-0.3, -0.25) is 4.79 Å². The standard InChI is InChI=1S/C20H16F3N5O/c21-20(22,23)15-7-4-13(5-8-15)6-11-18(29)24-16-3-1-2-14(12-16)19-25-26-27-28(19)17-9-10-17/h1-8,11-12,17H,9-10H2,(H,24,29)/b11-6+. The lowest BCUT2D eigenvalue weighted by atomic mass is 10.1. The Kier molecular flexibility index (Phi) is 4.87. The zero-order chi connectivity index (χ0) is 20.4. The van der Waals surface area contributed by atoms with Crippen LogP contribution < -0.4 is 5.32 Å². The van der Waals surface area contributed by atoms with Gasteiger partial charge in [-0.2, -0.15) is 13.2 Å². The molecule has 9 heteroatoms. The van der Waals surface area contributed by atoms with Crippen molar-refractivity contribution in [1.29, 1.82) is 0 Å². The van der Waals surface area contributed by atoms with Crippen LogP contribution in [0.25, 0.3) is 17.5 Å². The number of nitrogens with one attached hydrogen (secondary N) is 1. The van der Waals surface area contributed by atoms with E-state index < -0.39 is 17.6 Å². The minimum absolute atomic E-state index is 0.324. The fourth-order valence-corrected chi connectivity index (χ4v) is 2.82. The average Bonchev–Trinajstić information content (AvgIpc) is 3.42. The van der Waals surface area contributed by atoms with Crippen LogP contribution in [-0.2, 0) is 11.0 Å². The Labute approximate surface area is 164 Å². The third-order valence-electron chi connectivity index (χ3n) is 4.44. The van der Waals surface area contributed by atoms with E-state index in [1.165, 1.54) is 24.3 Å². The summed E-state index contributed by atoms with van der Waals surface area (Å²) in [6.45, 7) is 0. The van der Waals surface area contributed by atoms with E-state index in [0.717, 1.165) is 30.5 Å². The van der Waals surface area contributed by atoms with Crippen LogP contribution in [0.4, 0.5) is 18.9 Å². The Morgan fingerprint density at radius 1 is 1.14 bits per heavy atom. The highest BCUT2D eigenvalue weighted by Crippen LogP contribution is 2.36. The summed E-state index contributed by atoms with van der Waals surface area (Å²) in [5.41, 5.74) is 1.11. The normalized spacial score (nSPS) is 14.3. The molecule has 148 valence electrons. The predicted molar refractivity (Wildman–Crippen MR) is 101 cm³/mol. The van der Waals surface area contributed by atoms with Crippen LogP contribution in [-0.4, -0.2) is 26.1 Å². The van der Waals surface area contributed by atoms with Crippen molar-refractivity contribution < 1.29 is 18.0 Å². The molecule has 0 saturated heterocycles. The summed E-state index contributed by atoms with van der Waals surface area (Å²) in [4.78, 5) is 12.2. The van der Waals surface area contributed by atoms with Crippen molar-refractivity contribution in [3.8, 4) is 11.4 Å². The molecule has 1 saturated carbocycles. The van der Waals surface area contributed by atoms with Gasteiger partial charge in [0.1, 0.15) is 0 Å². The Morgan fingerprint density at radius 2 is 1.90 bits per heavy atom. The molecule has 1 fully saturated rings. The van der Waals surface area contributed by atoms with Gasteiger partial charge in [-0.05, 0) is 59.2 Å². The van der Waals surface area contributed by atoms with Gasteiger partial charge in [-0.1, -0.05) is 24.3 Å². The number of anilines is 1. The number of amides is 1. The third-order valence-corrected chi connectivity index (χ3v) is 4.44. The molecular weight excluding hydrogens is 383 g/mol. The molecular formula is C20H16F3N5O. The lowest BCUT2D eigenvalue weighted by Crippen LogP contribution is -2.08. The number of halogens is 3. The minimum atomic E-state index is -4.39. The maximum absolute atomic E-state index is 12.6. The molecule has 0 aliphatic heterocycles. The summed E-state index contributed by atoms with van der Waals surface area (Å²) in [6, 6.07) is 12.1. The van der Waals surface area contributed by atoms with Crippen molar-refractivity contribution in [2.45, 2.75) is 25.1 Å². The van der Waals surface area contributed by atoms with E-state index in [9.17, 15) is 18.0 Å². The summed E-state index contributed by atoms with van der Waals surface area (Å²) in [5.74, 6) is 0.243. The SMILES string of the molecule is O=C(/C=C/c1ccc(C(F)(F)F)cc1)Nc1cccc(-c2nnnn2C2CC2)c1. The highest BCUT2D eigenvalue weighted by molar-refractivity contribution is 6.02. The summed E-state index contributed by atoms with van der Waals surface area (Å²) in [7, 11) is 0. The largest absolute Gasteiger partial charge is 0.416 e. The molecule has 3 aromatic rings. The van der Waals surface area contributed by atoms with Gasteiger partial charge in [-0.25, -0.2) is 4.68 Å². The topological polar surface area (TPSA) is 72.7 Å². The van der Waals surface area contributed by atoms with E-state index in [0.29, 0.717) is 23.1 Å². The first-order valence-corrected chi connectivity index (χ1v) is 8.95. The second kappa shape index (κ2) is 7.50. The number of rotatable bonds is 5. The van der Waals surface area contributed by atoms with Crippen molar-refractivity contribution in [1.82, 2.24) is 20.2 Å². The molecule has 29 heavy (non-hydrogen) atoms. The molecule has 1 amide bonds. The highest BCUT2D eigenvalue weighted by Gasteiger charge is 2.30. The number of hydrogen-bond donors (Lipinski definition) is 1. The second-order valence-electron chi connectivity index (χ2n) is 6.70. The number of aromatic nitrogens is 4. The number of tetrazole rings is 1. The van der Waals surface area contributed by atoms with E-state index in [2.05, 4.69) is 20.8 Å². The van der Waals surface area contributed by atoms with Crippen LogP contribution in [0, 0.1) is 0 Å². The molecule has 6 nitrogen and oxygen atoms in total. The number of nitrogens with zero attached hydrogens (tertiary/aromatic N) is 4. The lowest BCUT2D eigenvalue weighted by molar-refractivity contribution is -0.137. The molecule has 1 aliphatic carbocycles. The molecule has 0 radical (unpaired) electrons. The van der Waals surface area contributed by atoms with Crippen LogP contribution >= 0.6 is 0 Å². The molecule has 1 aromatic heterocycles. The van der Waals surface area contributed by atoms with Crippen molar-refractivity contribution >= 4 is 17.7 Å². The van der Waals surface area contributed by atoms with E-state index in [1.807, 2.05) is 6.07 Å². The van der Waals surface area contributed by atoms with Crippen LogP contribution in [0.15, 0.2) is 54.6 Å². The fraction of sp³-hybridized carbons (Fsp3) is 0.200. The van der Waals surface area contributed by atoms with Gasteiger partial charge < -0.3 is 5.32 Å². The molecule has 1 N–H and O–H groups in total. The molecule has 4 rings (SSSR count). The van der Waals surface area contributed by atoms with Crippen LogP contribution in [0.2, 0.25) is 0 Å². The Balaban J connectivity index is 1.43. The zero-order valence-corrected chi connectivity index (χ0v) is 15.1. The molecule has 0 bridgehead atoms. The van der Waals surface area contributed by atoms with Gasteiger partial charge in [0.15, 0.2) is 5.82 Å². The molecule has 1 aliphatic rings. The van der Waals surface area contributed by atoms with Crippen LogP contribution in [0.1, 0.15) is 30.0 Å². The van der Waals surface area contributed by atoms with E-state index in [1.54, 1.807) is 22.9 Å². The van der Waals surface area contributed by atoms with Gasteiger partial charge in [0.05, 0.1) is 11.6 Å². The quantitative estimate of drug-likeness (QED) is 0.648. The number of alkyl halides is 3. The van der Waals surface area contributed by atoms with E-state index in [4.69, 9.17) is 0 Å². The third kappa shape index (κ3) is 4.50.